The van der Waals surface area contributed by atoms with E-state index in [-0.39, 0.29) is 18.8 Å². The molecule has 0 atom stereocenters. The predicted octanol–water partition coefficient (Wildman–Crippen LogP) is 9.17. The third kappa shape index (κ3) is 6.33. The molecule has 196 valence electrons. The van der Waals surface area contributed by atoms with Gasteiger partial charge in [0.15, 0.2) is 0 Å². The zero-order valence-electron chi connectivity index (χ0n) is 19.1. The van der Waals surface area contributed by atoms with E-state index in [1.165, 1.54) is 19.3 Å². The number of hydrogen-bond acceptors (Lipinski definition) is 1. The molecule has 0 amide bonds. The predicted molar refractivity (Wildman–Crippen MR) is 111 cm³/mol. The van der Waals surface area contributed by atoms with Gasteiger partial charge in [0.05, 0.1) is 6.61 Å². The van der Waals surface area contributed by atoms with Gasteiger partial charge in [-0.15, -0.1) is 0 Å². The number of rotatable bonds is 12. The maximum Gasteiger partial charge on any atom is 0.460 e. The lowest BCUT2D eigenvalue weighted by molar-refractivity contribution is -0.404. The molecule has 1 saturated carbocycles. The highest BCUT2D eigenvalue weighted by atomic mass is 19.4. The third-order valence-corrected chi connectivity index (χ3v) is 6.53. The van der Waals surface area contributed by atoms with Crippen molar-refractivity contribution in [1.29, 1.82) is 0 Å². The van der Waals surface area contributed by atoms with Gasteiger partial charge in [0.1, 0.15) is 5.75 Å². The van der Waals surface area contributed by atoms with Crippen LogP contribution in [0.15, 0.2) is 24.3 Å². The molecule has 1 fully saturated rings. The van der Waals surface area contributed by atoms with Crippen LogP contribution >= 0.6 is 0 Å². The highest BCUT2D eigenvalue weighted by Crippen LogP contribution is 2.57. The molecule has 0 N–H and O–H groups in total. The summed E-state index contributed by atoms with van der Waals surface area (Å²) >= 11 is 0. The van der Waals surface area contributed by atoms with Crippen LogP contribution in [0.2, 0.25) is 0 Å². The molecule has 1 aliphatic rings. The van der Waals surface area contributed by atoms with E-state index in [0.29, 0.717) is 12.4 Å². The molecule has 0 radical (unpaired) electrons. The molecule has 1 aromatic rings. The summed E-state index contributed by atoms with van der Waals surface area (Å²) in [6.45, 7) is 2.70. The van der Waals surface area contributed by atoms with Crippen molar-refractivity contribution in [2.75, 3.05) is 6.61 Å². The zero-order chi connectivity index (χ0) is 25.6. The van der Waals surface area contributed by atoms with Gasteiger partial charge in [0, 0.05) is 5.92 Å². The topological polar surface area (TPSA) is 9.23 Å². The fourth-order valence-corrected chi connectivity index (χ4v) is 4.34. The van der Waals surface area contributed by atoms with Crippen molar-refractivity contribution >= 4 is 0 Å². The molecule has 0 aliphatic heterocycles. The van der Waals surface area contributed by atoms with Crippen molar-refractivity contribution < 1.29 is 44.3 Å². The lowest BCUT2D eigenvalue weighted by atomic mass is 9.74. The molecule has 1 aliphatic carbocycles. The normalized spacial score (nSPS) is 20.4. The monoisotopic (exact) mass is 506 g/mol. The van der Waals surface area contributed by atoms with Crippen molar-refractivity contribution in [3.05, 3.63) is 29.8 Å². The van der Waals surface area contributed by atoms with Crippen LogP contribution in [0.4, 0.5) is 39.5 Å². The maximum absolute atomic E-state index is 14.2. The Labute approximate surface area is 194 Å². The second-order valence-corrected chi connectivity index (χ2v) is 9.00. The summed E-state index contributed by atoms with van der Waals surface area (Å²) in [6.07, 6.45) is -1.28. The van der Waals surface area contributed by atoms with E-state index < -0.39 is 42.7 Å². The smallest absolute Gasteiger partial charge is 0.460 e. The molecule has 2 rings (SSSR count). The van der Waals surface area contributed by atoms with Crippen molar-refractivity contribution in [3.63, 3.8) is 0 Å². The van der Waals surface area contributed by atoms with Gasteiger partial charge >= 0.3 is 23.9 Å². The first-order valence-electron chi connectivity index (χ1n) is 11.7. The van der Waals surface area contributed by atoms with Gasteiger partial charge in [-0.1, -0.05) is 51.2 Å². The Kier molecular flexibility index (Phi) is 9.61. The lowest BCUT2D eigenvalue weighted by Gasteiger charge is -2.40. The van der Waals surface area contributed by atoms with E-state index in [4.69, 9.17) is 4.74 Å². The van der Waals surface area contributed by atoms with E-state index in [0.717, 1.165) is 24.8 Å². The number of benzene rings is 1. The minimum Gasteiger partial charge on any atom is -0.494 e. The second-order valence-electron chi connectivity index (χ2n) is 9.00. The summed E-state index contributed by atoms with van der Waals surface area (Å²) in [7, 11) is 0. The highest BCUT2D eigenvalue weighted by Gasteiger charge is 2.82. The maximum atomic E-state index is 14.2. The fourth-order valence-electron chi connectivity index (χ4n) is 4.34. The second kappa shape index (κ2) is 11.4. The molecule has 10 heteroatoms. The molecule has 1 aromatic carbocycles. The lowest BCUT2D eigenvalue weighted by Crippen LogP contribution is -2.63. The van der Waals surface area contributed by atoms with Gasteiger partial charge in [-0.3, -0.25) is 0 Å². The van der Waals surface area contributed by atoms with Gasteiger partial charge in [-0.25, -0.2) is 0 Å². The number of halogens is 9. The molecular weight excluding hydrogens is 475 g/mol. The Morgan fingerprint density at radius 1 is 0.706 bits per heavy atom. The van der Waals surface area contributed by atoms with E-state index in [9.17, 15) is 39.5 Å². The molecular formula is C24H31F9O. The largest absolute Gasteiger partial charge is 0.494 e. The summed E-state index contributed by atoms with van der Waals surface area (Å²) in [5.41, 5.74) is 0.751. The SMILES string of the molecule is CCCCCCCCOc1ccc([C@H]2CC[C@H](C(F)(F)C(F)(F)C(F)(F)C(F)(F)F)CC2)cc1. The fraction of sp³-hybridized carbons (Fsp3) is 0.750. The first-order chi connectivity index (χ1) is 15.8. The zero-order valence-corrected chi connectivity index (χ0v) is 19.1. The number of hydrogen-bond donors (Lipinski definition) is 0. The molecule has 0 spiro atoms. The van der Waals surface area contributed by atoms with Crippen molar-refractivity contribution in [3.8, 4) is 5.75 Å². The van der Waals surface area contributed by atoms with Crippen LogP contribution in [0.5, 0.6) is 5.75 Å². The van der Waals surface area contributed by atoms with E-state index in [1.807, 2.05) is 0 Å². The Morgan fingerprint density at radius 2 is 1.24 bits per heavy atom. The minimum atomic E-state index is -6.83. The van der Waals surface area contributed by atoms with E-state index >= 15 is 0 Å². The van der Waals surface area contributed by atoms with Gasteiger partial charge < -0.3 is 4.74 Å². The molecule has 0 aromatic heterocycles. The van der Waals surface area contributed by atoms with Crippen LogP contribution in [-0.2, 0) is 0 Å². The quantitative estimate of drug-likeness (QED) is 0.203. The van der Waals surface area contributed by atoms with Crippen molar-refractivity contribution in [2.45, 2.75) is 101 Å². The first kappa shape index (κ1) is 28.6. The molecule has 34 heavy (non-hydrogen) atoms. The van der Waals surface area contributed by atoms with Gasteiger partial charge in [0.25, 0.3) is 0 Å². The van der Waals surface area contributed by atoms with E-state index in [1.54, 1.807) is 24.3 Å². The van der Waals surface area contributed by atoms with Gasteiger partial charge in [-0.2, -0.15) is 39.5 Å². The van der Waals surface area contributed by atoms with Crippen LogP contribution in [-0.4, -0.2) is 30.6 Å². The highest BCUT2D eigenvalue weighted by molar-refractivity contribution is 5.29. The minimum absolute atomic E-state index is 0.0219. The molecule has 0 bridgehead atoms. The Morgan fingerprint density at radius 3 is 1.76 bits per heavy atom. The molecule has 0 saturated heterocycles. The van der Waals surface area contributed by atoms with Crippen LogP contribution in [0, 0.1) is 5.92 Å². The Hall–Kier alpha value is -1.61. The average molecular weight is 506 g/mol. The standard InChI is InChI=1S/C24H31F9O/c1-2-3-4-5-6-7-16-34-20-14-10-18(11-15-20)17-8-12-19(13-9-17)21(25,26)22(27,28)23(29,30)24(31,32)33/h10-11,14-15,17,19H,2-9,12-13,16H2,1H3/t17-,19-. The summed E-state index contributed by atoms with van der Waals surface area (Å²) < 4.78 is 125. The van der Waals surface area contributed by atoms with Crippen LogP contribution in [0.3, 0.4) is 0 Å². The summed E-state index contributed by atoms with van der Waals surface area (Å²) in [5.74, 6) is -20.8. The van der Waals surface area contributed by atoms with Crippen molar-refractivity contribution in [2.24, 2.45) is 5.92 Å². The summed E-state index contributed by atoms with van der Waals surface area (Å²) in [6, 6.07) is 6.88. The first-order valence-corrected chi connectivity index (χ1v) is 11.7. The van der Waals surface area contributed by atoms with E-state index in [2.05, 4.69) is 6.92 Å². The van der Waals surface area contributed by atoms with Crippen LogP contribution < -0.4 is 4.74 Å². The summed E-state index contributed by atoms with van der Waals surface area (Å²) in [5, 5.41) is 0. The van der Waals surface area contributed by atoms with Gasteiger partial charge in [-0.05, 0) is 55.7 Å². The summed E-state index contributed by atoms with van der Waals surface area (Å²) in [4.78, 5) is 0. The Balaban J connectivity index is 1.88. The molecule has 1 nitrogen and oxygen atoms in total. The van der Waals surface area contributed by atoms with Crippen LogP contribution in [0.1, 0.15) is 82.6 Å². The van der Waals surface area contributed by atoms with Crippen LogP contribution in [0.25, 0.3) is 0 Å². The molecule has 0 heterocycles. The van der Waals surface area contributed by atoms with Crippen molar-refractivity contribution in [1.82, 2.24) is 0 Å². The number of ether oxygens (including phenoxy) is 1. The number of alkyl halides is 9. The van der Waals surface area contributed by atoms with Gasteiger partial charge in [0.2, 0.25) is 0 Å². The number of unbranched alkanes of at least 4 members (excludes halogenated alkanes) is 5. The molecule has 0 unspecified atom stereocenters. The average Bonchev–Trinajstić information content (AvgIpc) is 2.78. The Bertz CT molecular complexity index is 736. The third-order valence-electron chi connectivity index (χ3n) is 6.53.